The van der Waals surface area contributed by atoms with E-state index in [-0.39, 0.29) is 0 Å². The number of oxazole rings is 1. The van der Waals surface area contributed by atoms with Crippen molar-refractivity contribution in [2.24, 2.45) is 0 Å². The van der Waals surface area contributed by atoms with Crippen molar-refractivity contribution in [3.8, 4) is 0 Å². The molecule has 23 heavy (non-hydrogen) atoms. The van der Waals surface area contributed by atoms with Crippen LogP contribution in [0.4, 0.5) is 6.01 Å². The van der Waals surface area contributed by atoms with E-state index in [9.17, 15) is 0 Å². The van der Waals surface area contributed by atoms with Crippen LogP contribution in [0.5, 0.6) is 0 Å². The standard InChI is InChI=1S/C18H18N4O/c1-11-3-2-4-15-16(11)23-18(21-15)22-9-14(10-22)17-19-7-13(8-20-17)12-5-6-12/h2-4,7-8,12,14H,5-6,9-10H2,1H3. The van der Waals surface area contributed by atoms with Gasteiger partial charge in [0.05, 0.1) is 5.92 Å². The molecule has 5 rings (SSSR count). The van der Waals surface area contributed by atoms with Gasteiger partial charge in [-0.05, 0) is 42.9 Å². The third-order valence-corrected chi connectivity index (χ3v) is 4.86. The first kappa shape index (κ1) is 13.0. The molecule has 0 N–H and O–H groups in total. The lowest BCUT2D eigenvalue weighted by molar-refractivity contribution is 0.448. The number of aromatic nitrogens is 3. The van der Waals surface area contributed by atoms with Crippen molar-refractivity contribution < 1.29 is 4.42 Å². The number of benzene rings is 1. The summed E-state index contributed by atoms with van der Waals surface area (Å²) in [6, 6.07) is 6.76. The van der Waals surface area contributed by atoms with Gasteiger partial charge in [-0.15, -0.1) is 0 Å². The second kappa shape index (κ2) is 4.78. The third kappa shape index (κ3) is 2.19. The van der Waals surface area contributed by atoms with Crippen LogP contribution in [0.25, 0.3) is 11.1 Å². The number of hydrogen-bond donors (Lipinski definition) is 0. The lowest BCUT2D eigenvalue weighted by atomic mass is 10.00. The molecule has 1 aliphatic heterocycles. The Morgan fingerprint density at radius 1 is 1.09 bits per heavy atom. The molecule has 1 aliphatic carbocycles. The number of para-hydroxylation sites is 1. The van der Waals surface area contributed by atoms with Crippen LogP contribution in [0.1, 0.15) is 41.6 Å². The number of nitrogens with zero attached hydrogens (tertiary/aromatic N) is 4. The summed E-state index contributed by atoms with van der Waals surface area (Å²) in [7, 11) is 0. The Labute approximate surface area is 134 Å². The molecule has 3 aromatic rings. The first-order valence-corrected chi connectivity index (χ1v) is 8.21. The molecule has 116 valence electrons. The lowest BCUT2D eigenvalue weighted by Crippen LogP contribution is -2.45. The molecule has 2 aromatic heterocycles. The van der Waals surface area contributed by atoms with E-state index in [0.29, 0.717) is 17.9 Å². The molecule has 0 amide bonds. The molecule has 0 radical (unpaired) electrons. The molecule has 1 aromatic carbocycles. The number of anilines is 1. The van der Waals surface area contributed by atoms with Crippen LogP contribution < -0.4 is 4.90 Å². The summed E-state index contributed by atoms with van der Waals surface area (Å²) in [6.45, 7) is 3.79. The van der Waals surface area contributed by atoms with Crippen molar-refractivity contribution in [2.45, 2.75) is 31.6 Å². The highest BCUT2D eigenvalue weighted by atomic mass is 16.4. The van der Waals surface area contributed by atoms with Crippen molar-refractivity contribution >= 4 is 17.1 Å². The highest BCUT2D eigenvalue weighted by Gasteiger charge is 2.34. The molecule has 0 bridgehead atoms. The third-order valence-electron chi connectivity index (χ3n) is 4.86. The first-order valence-electron chi connectivity index (χ1n) is 8.21. The zero-order valence-corrected chi connectivity index (χ0v) is 13.1. The van der Waals surface area contributed by atoms with Gasteiger partial charge < -0.3 is 9.32 Å². The van der Waals surface area contributed by atoms with Gasteiger partial charge in [-0.25, -0.2) is 9.97 Å². The number of fused-ring (bicyclic) bond motifs is 1. The maximum absolute atomic E-state index is 5.92. The van der Waals surface area contributed by atoms with Crippen molar-refractivity contribution in [1.29, 1.82) is 0 Å². The van der Waals surface area contributed by atoms with E-state index in [2.05, 4.69) is 19.9 Å². The zero-order valence-electron chi connectivity index (χ0n) is 13.1. The predicted octanol–water partition coefficient (Wildman–Crippen LogP) is 3.41. The minimum Gasteiger partial charge on any atom is -0.423 e. The molecular formula is C18H18N4O. The normalized spacial score (nSPS) is 18.4. The van der Waals surface area contributed by atoms with Crippen LogP contribution in [0.3, 0.4) is 0 Å². The van der Waals surface area contributed by atoms with Gasteiger partial charge >= 0.3 is 0 Å². The Morgan fingerprint density at radius 2 is 1.87 bits per heavy atom. The minimum absolute atomic E-state index is 0.374. The van der Waals surface area contributed by atoms with Crippen LogP contribution in [0, 0.1) is 6.92 Å². The molecule has 5 heteroatoms. The number of aryl methyl sites for hydroxylation is 1. The highest BCUT2D eigenvalue weighted by Crippen LogP contribution is 2.39. The Morgan fingerprint density at radius 3 is 2.57 bits per heavy atom. The Balaban J connectivity index is 1.32. The number of rotatable bonds is 3. The quantitative estimate of drug-likeness (QED) is 0.742. The van der Waals surface area contributed by atoms with Gasteiger partial charge in [-0.1, -0.05) is 12.1 Å². The number of hydrogen-bond acceptors (Lipinski definition) is 5. The maximum atomic E-state index is 5.92. The molecule has 1 saturated carbocycles. The first-order chi connectivity index (χ1) is 11.3. The summed E-state index contributed by atoms with van der Waals surface area (Å²) in [6.07, 6.45) is 6.59. The predicted molar refractivity (Wildman–Crippen MR) is 87.7 cm³/mol. The van der Waals surface area contributed by atoms with Crippen molar-refractivity contribution in [3.63, 3.8) is 0 Å². The average molecular weight is 306 g/mol. The van der Waals surface area contributed by atoms with E-state index >= 15 is 0 Å². The summed E-state index contributed by atoms with van der Waals surface area (Å²) >= 11 is 0. The van der Waals surface area contributed by atoms with Gasteiger partial charge in [0.15, 0.2) is 5.58 Å². The summed E-state index contributed by atoms with van der Waals surface area (Å²) in [5.41, 5.74) is 4.22. The summed E-state index contributed by atoms with van der Waals surface area (Å²) in [5, 5.41) is 0. The molecule has 1 saturated heterocycles. The van der Waals surface area contributed by atoms with Gasteiger partial charge in [-0.3, -0.25) is 0 Å². The van der Waals surface area contributed by atoms with Gasteiger partial charge in [-0.2, -0.15) is 4.98 Å². The zero-order chi connectivity index (χ0) is 15.4. The van der Waals surface area contributed by atoms with Gasteiger partial charge in [0.1, 0.15) is 11.3 Å². The Kier molecular flexibility index (Phi) is 2.71. The van der Waals surface area contributed by atoms with E-state index in [1.54, 1.807) is 0 Å². The van der Waals surface area contributed by atoms with Crippen molar-refractivity contribution in [3.05, 3.63) is 47.5 Å². The molecule has 2 aliphatic rings. The second-order valence-electron chi connectivity index (χ2n) is 6.67. The SMILES string of the molecule is Cc1cccc2nc(N3CC(c4ncc(C5CC5)cn4)C3)oc12. The minimum atomic E-state index is 0.374. The molecular weight excluding hydrogens is 288 g/mol. The Bertz CT molecular complexity index is 860. The molecule has 0 spiro atoms. The van der Waals surface area contributed by atoms with Gasteiger partial charge in [0, 0.05) is 25.5 Å². The second-order valence-corrected chi connectivity index (χ2v) is 6.67. The molecule has 3 heterocycles. The molecule has 5 nitrogen and oxygen atoms in total. The van der Waals surface area contributed by atoms with Crippen LogP contribution in [0.15, 0.2) is 35.0 Å². The van der Waals surface area contributed by atoms with E-state index in [0.717, 1.165) is 35.6 Å². The van der Waals surface area contributed by atoms with Gasteiger partial charge in [0.2, 0.25) is 0 Å². The average Bonchev–Trinajstić information content (AvgIpc) is 3.27. The topological polar surface area (TPSA) is 55.1 Å². The highest BCUT2D eigenvalue weighted by molar-refractivity contribution is 5.78. The Hall–Kier alpha value is -2.43. The van der Waals surface area contributed by atoms with Gasteiger partial charge in [0.25, 0.3) is 6.01 Å². The van der Waals surface area contributed by atoms with Crippen molar-refractivity contribution in [2.75, 3.05) is 18.0 Å². The summed E-state index contributed by atoms with van der Waals surface area (Å²) in [5.74, 6) is 2.03. The van der Waals surface area contributed by atoms with E-state index < -0.39 is 0 Å². The smallest absolute Gasteiger partial charge is 0.298 e. The fourth-order valence-electron chi connectivity index (χ4n) is 3.19. The lowest BCUT2D eigenvalue weighted by Gasteiger charge is -2.36. The van der Waals surface area contributed by atoms with E-state index in [1.165, 1.54) is 18.4 Å². The van der Waals surface area contributed by atoms with E-state index in [1.807, 2.05) is 37.5 Å². The fraction of sp³-hybridized carbons (Fsp3) is 0.389. The maximum Gasteiger partial charge on any atom is 0.298 e. The summed E-state index contributed by atoms with van der Waals surface area (Å²) in [4.78, 5) is 15.9. The monoisotopic (exact) mass is 306 g/mol. The van der Waals surface area contributed by atoms with E-state index in [4.69, 9.17) is 4.42 Å². The molecule has 0 atom stereocenters. The van der Waals surface area contributed by atoms with Crippen LogP contribution in [-0.2, 0) is 0 Å². The summed E-state index contributed by atoms with van der Waals surface area (Å²) < 4.78 is 5.92. The van der Waals surface area contributed by atoms with Crippen LogP contribution in [0.2, 0.25) is 0 Å². The van der Waals surface area contributed by atoms with Crippen LogP contribution in [-0.4, -0.2) is 28.0 Å². The molecule has 0 unspecified atom stereocenters. The van der Waals surface area contributed by atoms with Crippen LogP contribution >= 0.6 is 0 Å². The molecule has 2 fully saturated rings. The van der Waals surface area contributed by atoms with Crippen molar-refractivity contribution in [1.82, 2.24) is 15.0 Å². The largest absolute Gasteiger partial charge is 0.423 e. The fourth-order valence-corrected chi connectivity index (χ4v) is 3.19.